The summed E-state index contributed by atoms with van der Waals surface area (Å²) in [5.74, 6) is 0. The zero-order chi connectivity index (χ0) is 13.5. The van der Waals surface area contributed by atoms with Crippen LogP contribution in [0.25, 0.3) is 10.9 Å². The van der Waals surface area contributed by atoms with Crippen LogP contribution in [0.5, 0.6) is 0 Å². The van der Waals surface area contributed by atoms with Crippen LogP contribution in [0, 0.1) is 0 Å². The van der Waals surface area contributed by atoms with Gasteiger partial charge in [-0.3, -0.25) is 4.98 Å². The summed E-state index contributed by atoms with van der Waals surface area (Å²) in [5, 5.41) is 2.01. The Morgan fingerprint density at radius 3 is 2.67 bits per heavy atom. The molecule has 1 aliphatic heterocycles. The molecule has 0 fully saturated rings. The summed E-state index contributed by atoms with van der Waals surface area (Å²) >= 11 is 6.08. The molecule has 106 valence electrons. The highest BCUT2D eigenvalue weighted by Gasteiger charge is 2.20. The van der Waals surface area contributed by atoms with Gasteiger partial charge in [0, 0.05) is 35.4 Å². The molecule has 0 N–H and O–H groups in total. The lowest BCUT2D eigenvalue weighted by atomic mass is 10.1. The first-order valence-corrected chi connectivity index (χ1v) is 7.05. The first kappa shape index (κ1) is 14.2. The van der Waals surface area contributed by atoms with Gasteiger partial charge in [-0.2, -0.15) is 0 Å². The fraction of sp³-hybridized carbons (Fsp3) is 0.118. The van der Waals surface area contributed by atoms with Gasteiger partial charge in [0.05, 0.1) is 5.52 Å². The van der Waals surface area contributed by atoms with Crippen molar-refractivity contribution in [3.05, 3.63) is 70.9 Å². The van der Waals surface area contributed by atoms with E-state index >= 15 is 0 Å². The number of benzene rings is 2. The third-order valence-corrected chi connectivity index (χ3v) is 4.09. The molecule has 1 aromatic heterocycles. The molecule has 0 radical (unpaired) electrons. The van der Waals surface area contributed by atoms with Crippen LogP contribution in [-0.4, -0.2) is 4.98 Å². The third-order valence-electron chi connectivity index (χ3n) is 3.86. The van der Waals surface area contributed by atoms with Crippen molar-refractivity contribution in [2.75, 3.05) is 4.90 Å². The van der Waals surface area contributed by atoms with E-state index in [0.717, 1.165) is 23.6 Å². The number of fused-ring (bicyclic) bond motifs is 2. The van der Waals surface area contributed by atoms with Crippen LogP contribution in [-0.2, 0) is 13.1 Å². The van der Waals surface area contributed by atoms with E-state index in [1.165, 1.54) is 22.2 Å². The molecule has 21 heavy (non-hydrogen) atoms. The van der Waals surface area contributed by atoms with Crippen molar-refractivity contribution in [1.82, 2.24) is 4.98 Å². The molecule has 1 aliphatic rings. The molecule has 4 rings (SSSR count). The van der Waals surface area contributed by atoms with Crippen molar-refractivity contribution < 1.29 is 0 Å². The average molecular weight is 317 g/mol. The Labute approximate surface area is 134 Å². The molecule has 4 heteroatoms. The Kier molecular flexibility index (Phi) is 3.75. The Bertz CT molecular complexity index is 796. The van der Waals surface area contributed by atoms with Gasteiger partial charge in [-0.15, -0.1) is 12.4 Å². The molecule has 0 saturated heterocycles. The van der Waals surface area contributed by atoms with E-state index in [1.54, 1.807) is 0 Å². The summed E-state index contributed by atoms with van der Waals surface area (Å²) < 4.78 is 0. The van der Waals surface area contributed by atoms with Crippen molar-refractivity contribution in [2.24, 2.45) is 0 Å². The average Bonchev–Trinajstić information content (AvgIpc) is 2.89. The Morgan fingerprint density at radius 2 is 1.76 bits per heavy atom. The van der Waals surface area contributed by atoms with Crippen LogP contribution in [0.2, 0.25) is 5.02 Å². The molecule has 0 saturated carbocycles. The van der Waals surface area contributed by atoms with Crippen molar-refractivity contribution in [2.45, 2.75) is 13.1 Å². The predicted molar refractivity (Wildman–Crippen MR) is 90.3 cm³/mol. The van der Waals surface area contributed by atoms with Gasteiger partial charge in [0.1, 0.15) is 0 Å². The molecule has 0 unspecified atom stereocenters. The first-order valence-electron chi connectivity index (χ1n) is 6.67. The van der Waals surface area contributed by atoms with Crippen molar-refractivity contribution in [1.29, 1.82) is 0 Å². The maximum atomic E-state index is 6.08. The minimum absolute atomic E-state index is 0. The lowest BCUT2D eigenvalue weighted by Crippen LogP contribution is -2.14. The maximum absolute atomic E-state index is 6.08. The van der Waals surface area contributed by atoms with Crippen LogP contribution in [0.1, 0.15) is 11.1 Å². The van der Waals surface area contributed by atoms with Crippen LogP contribution in [0.4, 0.5) is 5.69 Å². The lowest BCUT2D eigenvalue weighted by molar-refractivity contribution is 0.884. The number of pyridine rings is 1. The summed E-state index contributed by atoms with van der Waals surface area (Å²) in [5.41, 5.74) is 4.95. The second-order valence-corrected chi connectivity index (χ2v) is 5.55. The molecular weight excluding hydrogens is 303 g/mol. The van der Waals surface area contributed by atoms with Gasteiger partial charge in [0.2, 0.25) is 0 Å². The third kappa shape index (κ3) is 2.45. The Morgan fingerprint density at radius 1 is 0.952 bits per heavy atom. The number of hydrogen-bond acceptors (Lipinski definition) is 2. The zero-order valence-electron chi connectivity index (χ0n) is 11.3. The van der Waals surface area contributed by atoms with E-state index in [1.807, 2.05) is 18.3 Å². The van der Waals surface area contributed by atoms with Gasteiger partial charge in [-0.1, -0.05) is 35.9 Å². The summed E-state index contributed by atoms with van der Waals surface area (Å²) in [7, 11) is 0. The van der Waals surface area contributed by atoms with Crippen molar-refractivity contribution in [3.63, 3.8) is 0 Å². The van der Waals surface area contributed by atoms with E-state index in [-0.39, 0.29) is 12.4 Å². The largest absolute Gasteiger partial charge is 0.362 e. The number of aromatic nitrogens is 1. The van der Waals surface area contributed by atoms with E-state index < -0.39 is 0 Å². The highest BCUT2D eigenvalue weighted by molar-refractivity contribution is 6.30. The lowest BCUT2D eigenvalue weighted by Gasteiger charge is -2.19. The molecule has 0 atom stereocenters. The summed E-state index contributed by atoms with van der Waals surface area (Å²) in [4.78, 5) is 6.81. The van der Waals surface area contributed by atoms with Gasteiger partial charge in [0.25, 0.3) is 0 Å². The number of hydrogen-bond donors (Lipinski definition) is 0. The predicted octanol–water partition coefficient (Wildman–Crippen LogP) is 4.83. The maximum Gasteiger partial charge on any atom is 0.0722 e. The minimum Gasteiger partial charge on any atom is -0.362 e. The number of rotatable bonds is 1. The Balaban J connectivity index is 0.00000132. The Hall–Kier alpha value is -1.77. The number of halogens is 2. The minimum atomic E-state index is 0. The van der Waals surface area contributed by atoms with E-state index in [2.05, 4.69) is 46.3 Å². The van der Waals surface area contributed by atoms with Crippen molar-refractivity contribution in [3.8, 4) is 0 Å². The highest BCUT2D eigenvalue weighted by Crippen LogP contribution is 2.33. The number of anilines is 1. The summed E-state index contributed by atoms with van der Waals surface area (Å²) in [6.07, 6.45) is 1.88. The monoisotopic (exact) mass is 316 g/mol. The van der Waals surface area contributed by atoms with Crippen LogP contribution >= 0.6 is 24.0 Å². The summed E-state index contributed by atoms with van der Waals surface area (Å²) in [6.45, 7) is 1.84. The first-order chi connectivity index (χ1) is 9.81. The summed E-state index contributed by atoms with van der Waals surface area (Å²) in [6, 6.07) is 16.5. The molecule has 2 aromatic carbocycles. The number of para-hydroxylation sites is 1. The van der Waals surface area contributed by atoms with Gasteiger partial charge in [0.15, 0.2) is 0 Å². The quantitative estimate of drug-likeness (QED) is 0.639. The highest BCUT2D eigenvalue weighted by atomic mass is 35.5. The van der Waals surface area contributed by atoms with Gasteiger partial charge in [-0.25, -0.2) is 0 Å². The molecule has 0 bridgehead atoms. The van der Waals surface area contributed by atoms with Crippen molar-refractivity contribution >= 4 is 40.6 Å². The normalized spacial score (nSPS) is 13.1. The smallest absolute Gasteiger partial charge is 0.0722 e. The second kappa shape index (κ2) is 5.55. The standard InChI is InChI=1S/C17H13ClN2.ClH/c18-14-6-5-12-10-20(11-13(12)9-14)17-7-8-19-16-4-2-1-3-15(16)17;/h1-9H,10-11H2;1H. The van der Waals surface area contributed by atoms with Crippen LogP contribution in [0.15, 0.2) is 54.7 Å². The van der Waals surface area contributed by atoms with Gasteiger partial charge in [-0.05, 0) is 35.4 Å². The molecule has 2 heterocycles. The van der Waals surface area contributed by atoms with Gasteiger partial charge < -0.3 is 4.90 Å². The SMILES string of the molecule is Cl.Clc1ccc2c(c1)CN(c1ccnc3ccccc13)C2. The molecule has 0 spiro atoms. The molecule has 2 nitrogen and oxygen atoms in total. The molecule has 0 amide bonds. The van der Waals surface area contributed by atoms with E-state index in [9.17, 15) is 0 Å². The topological polar surface area (TPSA) is 16.1 Å². The van der Waals surface area contributed by atoms with Crippen LogP contribution in [0.3, 0.4) is 0 Å². The fourth-order valence-corrected chi connectivity index (χ4v) is 3.08. The molecule has 0 aliphatic carbocycles. The molecule has 3 aromatic rings. The number of nitrogens with zero attached hydrogens (tertiary/aromatic N) is 2. The fourth-order valence-electron chi connectivity index (χ4n) is 2.89. The van der Waals surface area contributed by atoms with E-state index in [0.29, 0.717) is 0 Å². The second-order valence-electron chi connectivity index (χ2n) is 5.12. The van der Waals surface area contributed by atoms with E-state index in [4.69, 9.17) is 11.6 Å². The zero-order valence-corrected chi connectivity index (χ0v) is 12.9. The molecular formula is C17H14Cl2N2. The van der Waals surface area contributed by atoms with Crippen LogP contribution < -0.4 is 4.90 Å². The van der Waals surface area contributed by atoms with Gasteiger partial charge >= 0.3 is 0 Å².